The molecule has 20 heavy (non-hydrogen) atoms. The second-order valence-corrected chi connectivity index (χ2v) is 5.61. The molecule has 1 aromatic rings. The molecule has 0 fully saturated rings. The van der Waals surface area contributed by atoms with Gasteiger partial charge in [-0.2, -0.15) is 0 Å². The van der Waals surface area contributed by atoms with Crippen LogP contribution in [0.25, 0.3) is 0 Å². The maximum absolute atomic E-state index is 12.6. The van der Waals surface area contributed by atoms with E-state index in [-0.39, 0.29) is 18.9 Å². The van der Waals surface area contributed by atoms with Crippen LogP contribution in [0.15, 0.2) is 18.2 Å². The lowest BCUT2D eigenvalue weighted by molar-refractivity contribution is -0.137. The molecule has 0 atom stereocenters. The fourth-order valence-electron chi connectivity index (χ4n) is 2.08. The van der Waals surface area contributed by atoms with E-state index in [1.165, 1.54) is 0 Å². The Balaban J connectivity index is 2.96. The van der Waals surface area contributed by atoms with Crippen molar-refractivity contribution in [2.24, 2.45) is 5.92 Å². The zero-order valence-corrected chi connectivity index (χ0v) is 12.6. The Labute approximate surface area is 120 Å². The van der Waals surface area contributed by atoms with Crippen molar-refractivity contribution in [2.75, 3.05) is 13.1 Å². The Morgan fingerprint density at radius 2 is 1.90 bits per heavy atom. The predicted octanol–water partition coefficient (Wildman–Crippen LogP) is 2.88. The normalized spacial score (nSPS) is 10.7. The maximum Gasteiger partial charge on any atom is 0.305 e. The van der Waals surface area contributed by atoms with Gasteiger partial charge in [-0.3, -0.25) is 9.59 Å². The Morgan fingerprint density at radius 1 is 1.25 bits per heavy atom. The molecule has 0 bridgehead atoms. The van der Waals surface area contributed by atoms with Crippen LogP contribution < -0.4 is 0 Å². The van der Waals surface area contributed by atoms with Crippen LogP contribution in [0, 0.1) is 19.8 Å². The molecule has 4 nitrogen and oxygen atoms in total. The number of carboxylic acids is 1. The zero-order chi connectivity index (χ0) is 15.3. The number of rotatable bonds is 6. The van der Waals surface area contributed by atoms with Gasteiger partial charge in [0.25, 0.3) is 5.91 Å². The number of carbonyl (C=O) groups excluding carboxylic acids is 1. The summed E-state index contributed by atoms with van der Waals surface area (Å²) in [6.07, 6.45) is -0.0245. The second-order valence-electron chi connectivity index (χ2n) is 5.61. The van der Waals surface area contributed by atoms with Crippen molar-refractivity contribution in [1.29, 1.82) is 0 Å². The van der Waals surface area contributed by atoms with Crippen molar-refractivity contribution >= 4 is 11.9 Å². The van der Waals surface area contributed by atoms with E-state index in [1.54, 1.807) is 4.90 Å². The third kappa shape index (κ3) is 4.68. The largest absolute Gasteiger partial charge is 0.481 e. The van der Waals surface area contributed by atoms with E-state index in [0.29, 0.717) is 18.0 Å². The summed E-state index contributed by atoms with van der Waals surface area (Å²) in [4.78, 5) is 25.0. The third-order valence-electron chi connectivity index (χ3n) is 3.09. The maximum atomic E-state index is 12.6. The van der Waals surface area contributed by atoms with Crippen molar-refractivity contribution in [3.05, 3.63) is 34.9 Å². The summed E-state index contributed by atoms with van der Waals surface area (Å²) < 4.78 is 0. The van der Waals surface area contributed by atoms with Crippen LogP contribution in [0.4, 0.5) is 0 Å². The second kappa shape index (κ2) is 7.08. The molecular formula is C16H23NO3. The van der Waals surface area contributed by atoms with E-state index < -0.39 is 5.97 Å². The van der Waals surface area contributed by atoms with Crippen molar-refractivity contribution < 1.29 is 14.7 Å². The molecule has 1 aromatic carbocycles. The standard InChI is InChI=1S/C16H23NO3/c1-11(2)10-17(8-7-15(18)19)16(20)14-9-12(3)5-6-13(14)4/h5-6,9,11H,7-8,10H2,1-4H3,(H,18,19). The van der Waals surface area contributed by atoms with Gasteiger partial charge in [-0.05, 0) is 31.4 Å². The topological polar surface area (TPSA) is 57.6 Å². The zero-order valence-electron chi connectivity index (χ0n) is 12.6. The van der Waals surface area contributed by atoms with Gasteiger partial charge in [0.15, 0.2) is 0 Å². The molecule has 4 heteroatoms. The van der Waals surface area contributed by atoms with Crippen LogP contribution in [-0.4, -0.2) is 35.0 Å². The molecule has 0 aromatic heterocycles. The average Bonchev–Trinajstić information content (AvgIpc) is 2.36. The van der Waals surface area contributed by atoms with Gasteiger partial charge >= 0.3 is 5.97 Å². The molecule has 0 aliphatic carbocycles. The molecular weight excluding hydrogens is 254 g/mol. The summed E-state index contributed by atoms with van der Waals surface area (Å²) in [7, 11) is 0. The van der Waals surface area contributed by atoms with E-state index in [2.05, 4.69) is 0 Å². The van der Waals surface area contributed by atoms with Gasteiger partial charge in [0.1, 0.15) is 0 Å². The predicted molar refractivity (Wildman–Crippen MR) is 78.9 cm³/mol. The molecule has 110 valence electrons. The minimum atomic E-state index is -0.882. The quantitative estimate of drug-likeness (QED) is 0.869. The molecule has 0 aliphatic heterocycles. The van der Waals surface area contributed by atoms with E-state index >= 15 is 0 Å². The van der Waals surface area contributed by atoms with Crippen LogP contribution in [0.3, 0.4) is 0 Å². The Bertz CT molecular complexity index is 494. The molecule has 1 N–H and O–H groups in total. The van der Waals surface area contributed by atoms with E-state index in [4.69, 9.17) is 5.11 Å². The molecule has 1 rings (SSSR count). The van der Waals surface area contributed by atoms with E-state index in [9.17, 15) is 9.59 Å². The Kier molecular flexibility index (Phi) is 5.74. The number of aliphatic carboxylic acids is 1. The molecule has 0 heterocycles. The number of carbonyl (C=O) groups is 2. The van der Waals surface area contributed by atoms with Gasteiger partial charge in [-0.25, -0.2) is 0 Å². The summed E-state index contributed by atoms with van der Waals surface area (Å²) in [5.74, 6) is -0.661. The minimum Gasteiger partial charge on any atom is -0.481 e. The monoisotopic (exact) mass is 277 g/mol. The fourth-order valence-corrected chi connectivity index (χ4v) is 2.08. The number of carboxylic acid groups (broad SMARTS) is 1. The smallest absolute Gasteiger partial charge is 0.305 e. The van der Waals surface area contributed by atoms with Crippen molar-refractivity contribution in [2.45, 2.75) is 34.1 Å². The molecule has 0 saturated carbocycles. The molecule has 0 saturated heterocycles. The van der Waals surface area contributed by atoms with Crippen molar-refractivity contribution in [3.63, 3.8) is 0 Å². The van der Waals surface area contributed by atoms with Crippen molar-refractivity contribution in [1.82, 2.24) is 4.90 Å². The van der Waals surface area contributed by atoms with Crippen LogP contribution >= 0.6 is 0 Å². The summed E-state index contributed by atoms with van der Waals surface area (Å²) >= 11 is 0. The highest BCUT2D eigenvalue weighted by Gasteiger charge is 2.19. The molecule has 0 radical (unpaired) electrons. The number of nitrogens with zero attached hydrogens (tertiary/aromatic N) is 1. The van der Waals surface area contributed by atoms with E-state index in [1.807, 2.05) is 45.9 Å². The Hall–Kier alpha value is -1.84. The highest BCUT2D eigenvalue weighted by Crippen LogP contribution is 2.15. The highest BCUT2D eigenvalue weighted by atomic mass is 16.4. The summed E-state index contributed by atoms with van der Waals surface area (Å²) in [5.41, 5.74) is 2.61. The van der Waals surface area contributed by atoms with Gasteiger partial charge in [-0.1, -0.05) is 31.5 Å². The average molecular weight is 277 g/mol. The van der Waals surface area contributed by atoms with Gasteiger partial charge in [0.2, 0.25) is 0 Å². The van der Waals surface area contributed by atoms with E-state index in [0.717, 1.165) is 11.1 Å². The van der Waals surface area contributed by atoms with Gasteiger partial charge < -0.3 is 10.0 Å². The summed E-state index contributed by atoms with van der Waals surface area (Å²) in [5, 5.41) is 8.81. The number of amides is 1. The van der Waals surface area contributed by atoms with Crippen LogP contribution in [-0.2, 0) is 4.79 Å². The lowest BCUT2D eigenvalue weighted by atomic mass is 10.0. The lowest BCUT2D eigenvalue weighted by Crippen LogP contribution is -2.36. The summed E-state index contributed by atoms with van der Waals surface area (Å²) in [6, 6.07) is 5.76. The minimum absolute atomic E-state index is 0.0245. The van der Waals surface area contributed by atoms with Crippen LogP contribution in [0.5, 0.6) is 0 Å². The first-order chi connectivity index (χ1) is 9.31. The first-order valence-corrected chi connectivity index (χ1v) is 6.89. The number of aryl methyl sites for hydroxylation is 2. The summed E-state index contributed by atoms with van der Waals surface area (Å²) in [6.45, 7) is 8.70. The highest BCUT2D eigenvalue weighted by molar-refractivity contribution is 5.96. The molecule has 1 amide bonds. The van der Waals surface area contributed by atoms with Gasteiger partial charge in [-0.15, -0.1) is 0 Å². The SMILES string of the molecule is Cc1ccc(C)c(C(=O)N(CCC(=O)O)CC(C)C)c1. The molecule has 0 spiro atoms. The number of benzene rings is 1. The number of hydrogen-bond acceptors (Lipinski definition) is 2. The third-order valence-corrected chi connectivity index (χ3v) is 3.09. The van der Waals surface area contributed by atoms with Crippen molar-refractivity contribution in [3.8, 4) is 0 Å². The van der Waals surface area contributed by atoms with Gasteiger partial charge in [0, 0.05) is 18.7 Å². The lowest BCUT2D eigenvalue weighted by Gasteiger charge is -2.25. The van der Waals surface area contributed by atoms with Crippen LogP contribution in [0.1, 0.15) is 41.8 Å². The fraction of sp³-hybridized carbons (Fsp3) is 0.500. The molecule has 0 unspecified atom stereocenters. The van der Waals surface area contributed by atoms with Gasteiger partial charge in [0.05, 0.1) is 6.42 Å². The first-order valence-electron chi connectivity index (χ1n) is 6.89. The Morgan fingerprint density at radius 3 is 2.45 bits per heavy atom. The first kappa shape index (κ1) is 16.2. The molecule has 0 aliphatic rings. The number of hydrogen-bond donors (Lipinski definition) is 1. The van der Waals surface area contributed by atoms with Crippen LogP contribution in [0.2, 0.25) is 0 Å².